The van der Waals surface area contributed by atoms with Crippen LogP contribution in [0.1, 0.15) is 51.1 Å². The quantitative estimate of drug-likeness (QED) is 0.796. The summed E-state index contributed by atoms with van der Waals surface area (Å²) in [7, 11) is -3.23. The van der Waals surface area contributed by atoms with Gasteiger partial charge in [0.2, 0.25) is 10.0 Å². The molecule has 1 aliphatic heterocycles. The summed E-state index contributed by atoms with van der Waals surface area (Å²) < 4.78 is 40.9. The number of rotatable bonds is 5. The monoisotopic (exact) mass is 370 g/mol. The Kier molecular flexibility index (Phi) is 5.58. The van der Waals surface area contributed by atoms with Crippen molar-refractivity contribution < 1.29 is 12.8 Å². The molecule has 6 nitrogen and oxygen atoms in total. The number of aryl methyl sites for hydroxylation is 1. The highest BCUT2D eigenvalue weighted by molar-refractivity contribution is 7.88. The van der Waals surface area contributed by atoms with Gasteiger partial charge in [-0.1, -0.05) is 13.3 Å². The van der Waals surface area contributed by atoms with Gasteiger partial charge in [-0.2, -0.15) is 4.31 Å². The standard InChI is InChI=1S/C17H27FN4O2S/c1-3-15-16(18)17(20-12-19-15)21-10-5-8-14(9-11-21)22(25(2,23)24)13-6-4-7-13/h12-14H,3-11H2,1-2H3/t14-/m1/s1. The van der Waals surface area contributed by atoms with Gasteiger partial charge >= 0.3 is 0 Å². The van der Waals surface area contributed by atoms with Crippen molar-refractivity contribution >= 4 is 15.8 Å². The van der Waals surface area contributed by atoms with Crippen LogP contribution in [0, 0.1) is 5.82 Å². The molecule has 0 bridgehead atoms. The van der Waals surface area contributed by atoms with E-state index in [9.17, 15) is 12.8 Å². The van der Waals surface area contributed by atoms with Crippen molar-refractivity contribution in [3.05, 3.63) is 17.8 Å². The molecule has 0 amide bonds. The molecular weight excluding hydrogens is 343 g/mol. The van der Waals surface area contributed by atoms with E-state index in [4.69, 9.17) is 0 Å². The molecule has 2 aliphatic rings. The summed E-state index contributed by atoms with van der Waals surface area (Å²) in [4.78, 5) is 10.1. The van der Waals surface area contributed by atoms with Crippen LogP contribution in [0.15, 0.2) is 6.33 Å². The van der Waals surface area contributed by atoms with Crippen LogP contribution in [0.5, 0.6) is 0 Å². The molecule has 25 heavy (non-hydrogen) atoms. The molecule has 1 aromatic heterocycles. The first kappa shape index (κ1) is 18.5. The average molecular weight is 370 g/mol. The van der Waals surface area contributed by atoms with E-state index in [1.54, 1.807) is 4.31 Å². The lowest BCUT2D eigenvalue weighted by molar-refractivity contribution is 0.164. The fraction of sp³-hybridized carbons (Fsp3) is 0.765. The number of halogens is 1. The van der Waals surface area contributed by atoms with Gasteiger partial charge in [0.25, 0.3) is 0 Å². The molecule has 1 saturated carbocycles. The molecule has 8 heteroatoms. The fourth-order valence-corrected chi connectivity index (χ4v) is 5.39. The van der Waals surface area contributed by atoms with Gasteiger partial charge in [-0.25, -0.2) is 22.8 Å². The Labute approximate surface area is 149 Å². The van der Waals surface area contributed by atoms with Gasteiger partial charge in [0.1, 0.15) is 6.33 Å². The summed E-state index contributed by atoms with van der Waals surface area (Å²) in [6.07, 6.45) is 8.60. The zero-order valence-corrected chi connectivity index (χ0v) is 15.8. The highest BCUT2D eigenvalue weighted by Gasteiger charge is 2.37. The molecule has 0 unspecified atom stereocenters. The van der Waals surface area contributed by atoms with Crippen molar-refractivity contribution in [1.29, 1.82) is 0 Å². The largest absolute Gasteiger partial charge is 0.354 e. The number of aromatic nitrogens is 2. The summed E-state index contributed by atoms with van der Waals surface area (Å²) in [5, 5.41) is 0. The minimum absolute atomic E-state index is 0.000781. The van der Waals surface area contributed by atoms with Crippen LogP contribution < -0.4 is 4.90 Å². The second-order valence-electron chi connectivity index (χ2n) is 7.06. The Hall–Kier alpha value is -1.28. The molecule has 0 radical (unpaired) electrons. The van der Waals surface area contributed by atoms with Crippen LogP contribution in [0.4, 0.5) is 10.2 Å². The Morgan fingerprint density at radius 1 is 1.16 bits per heavy atom. The minimum Gasteiger partial charge on any atom is -0.354 e. The molecular formula is C17H27FN4O2S. The van der Waals surface area contributed by atoms with Gasteiger partial charge in [0.15, 0.2) is 11.6 Å². The van der Waals surface area contributed by atoms with E-state index in [1.807, 2.05) is 11.8 Å². The summed E-state index contributed by atoms with van der Waals surface area (Å²) >= 11 is 0. The first-order valence-corrected chi connectivity index (χ1v) is 11.0. The Bertz CT molecular complexity index is 709. The minimum atomic E-state index is -3.23. The van der Waals surface area contributed by atoms with E-state index in [2.05, 4.69) is 9.97 Å². The lowest BCUT2D eigenvalue weighted by Gasteiger charge is -2.40. The molecule has 1 aromatic rings. The maximum atomic E-state index is 14.6. The second-order valence-corrected chi connectivity index (χ2v) is 8.95. The van der Waals surface area contributed by atoms with Crippen molar-refractivity contribution in [2.45, 2.75) is 64.0 Å². The van der Waals surface area contributed by atoms with E-state index in [0.29, 0.717) is 37.4 Å². The molecule has 0 N–H and O–H groups in total. The number of nitrogens with zero attached hydrogens (tertiary/aromatic N) is 4. The molecule has 140 valence electrons. The van der Waals surface area contributed by atoms with Gasteiger partial charge in [0, 0.05) is 25.2 Å². The molecule has 1 aliphatic carbocycles. The van der Waals surface area contributed by atoms with Crippen LogP contribution >= 0.6 is 0 Å². The van der Waals surface area contributed by atoms with Gasteiger partial charge in [0.05, 0.1) is 11.9 Å². The maximum absolute atomic E-state index is 14.6. The third-order valence-corrected chi connectivity index (χ3v) is 6.71. The number of anilines is 1. The summed E-state index contributed by atoms with van der Waals surface area (Å²) in [5.41, 5.74) is 0.429. The molecule has 0 aromatic carbocycles. The third-order valence-electron chi connectivity index (χ3n) is 5.35. The molecule has 1 atom stereocenters. The van der Waals surface area contributed by atoms with Crippen molar-refractivity contribution in [3.8, 4) is 0 Å². The molecule has 1 saturated heterocycles. The first-order valence-electron chi connectivity index (χ1n) is 9.14. The van der Waals surface area contributed by atoms with Crippen LogP contribution in [-0.4, -0.2) is 54.1 Å². The van der Waals surface area contributed by atoms with Crippen molar-refractivity contribution in [2.24, 2.45) is 0 Å². The third kappa shape index (κ3) is 3.95. The zero-order chi connectivity index (χ0) is 18.0. The van der Waals surface area contributed by atoms with Crippen LogP contribution in [-0.2, 0) is 16.4 Å². The number of sulfonamides is 1. The highest BCUT2D eigenvalue weighted by Crippen LogP contribution is 2.32. The fourth-order valence-electron chi connectivity index (χ4n) is 3.89. The summed E-state index contributed by atoms with van der Waals surface area (Å²) in [6.45, 7) is 3.17. The van der Waals surface area contributed by atoms with E-state index in [0.717, 1.165) is 32.1 Å². The molecule has 0 spiro atoms. The number of hydrogen-bond acceptors (Lipinski definition) is 5. The Balaban J connectivity index is 1.76. The van der Waals surface area contributed by atoms with E-state index in [-0.39, 0.29) is 17.9 Å². The lowest BCUT2D eigenvalue weighted by Crippen LogP contribution is -2.49. The summed E-state index contributed by atoms with van der Waals surface area (Å²) in [6, 6.07) is 0.148. The highest BCUT2D eigenvalue weighted by atomic mass is 32.2. The second kappa shape index (κ2) is 7.53. The first-order chi connectivity index (χ1) is 11.9. The molecule has 2 fully saturated rings. The molecule has 2 heterocycles. The SMILES string of the molecule is CCc1ncnc(N2CCC[C@@H](N(C3CCC3)S(C)(=O)=O)CC2)c1F. The van der Waals surface area contributed by atoms with Crippen molar-refractivity contribution in [3.63, 3.8) is 0 Å². The van der Waals surface area contributed by atoms with Crippen LogP contribution in [0.25, 0.3) is 0 Å². The van der Waals surface area contributed by atoms with Gasteiger partial charge in [-0.3, -0.25) is 0 Å². The Morgan fingerprint density at radius 3 is 2.44 bits per heavy atom. The van der Waals surface area contributed by atoms with Crippen molar-refractivity contribution in [1.82, 2.24) is 14.3 Å². The lowest BCUT2D eigenvalue weighted by atomic mass is 9.91. The maximum Gasteiger partial charge on any atom is 0.211 e. The van der Waals surface area contributed by atoms with E-state index >= 15 is 0 Å². The van der Waals surface area contributed by atoms with Crippen LogP contribution in [0.2, 0.25) is 0 Å². The predicted octanol–water partition coefficient (Wildman–Crippen LogP) is 2.35. The average Bonchev–Trinajstić information content (AvgIpc) is 2.75. The Morgan fingerprint density at radius 2 is 1.84 bits per heavy atom. The van der Waals surface area contributed by atoms with Gasteiger partial charge < -0.3 is 4.90 Å². The predicted molar refractivity (Wildman–Crippen MR) is 95.5 cm³/mol. The van der Waals surface area contributed by atoms with E-state index < -0.39 is 10.0 Å². The molecule has 3 rings (SSSR count). The van der Waals surface area contributed by atoms with E-state index in [1.165, 1.54) is 12.6 Å². The van der Waals surface area contributed by atoms with Crippen molar-refractivity contribution in [2.75, 3.05) is 24.2 Å². The van der Waals surface area contributed by atoms with Gasteiger partial charge in [-0.15, -0.1) is 0 Å². The number of hydrogen-bond donors (Lipinski definition) is 0. The van der Waals surface area contributed by atoms with Gasteiger partial charge in [-0.05, 0) is 38.5 Å². The summed E-state index contributed by atoms with van der Waals surface area (Å²) in [5.74, 6) is 0.00413. The van der Waals surface area contributed by atoms with Crippen LogP contribution in [0.3, 0.4) is 0 Å². The topological polar surface area (TPSA) is 66.4 Å². The normalized spacial score (nSPS) is 22.7. The zero-order valence-electron chi connectivity index (χ0n) is 15.0. The smallest absolute Gasteiger partial charge is 0.211 e.